The molecular weight excluding hydrogens is 392 g/mol. The van der Waals surface area contributed by atoms with Gasteiger partial charge in [-0.05, 0) is 42.5 Å². The number of benzene rings is 3. The number of carbonyl (C=O) groups is 1. The van der Waals surface area contributed by atoms with Crippen LogP contribution in [-0.4, -0.2) is 26.6 Å². The fourth-order valence-electron chi connectivity index (χ4n) is 2.48. The third-order valence-corrected chi connectivity index (χ3v) is 6.22. The van der Waals surface area contributed by atoms with E-state index in [9.17, 15) is 13.2 Å². The van der Waals surface area contributed by atoms with Crippen molar-refractivity contribution in [2.24, 2.45) is 0 Å². The molecule has 0 aromatic heterocycles. The van der Waals surface area contributed by atoms with Gasteiger partial charge in [-0.15, -0.1) is 11.8 Å². The van der Waals surface area contributed by atoms with E-state index in [-0.39, 0.29) is 10.8 Å². The molecule has 2 N–H and O–H groups in total. The van der Waals surface area contributed by atoms with Crippen LogP contribution >= 0.6 is 11.8 Å². The number of sulfonamides is 1. The Kier molecular flexibility index (Phi) is 6.73. The molecule has 3 rings (SSSR count). The fraction of sp³-hybridized carbons (Fsp3) is 0.0952. The van der Waals surface area contributed by atoms with Crippen LogP contribution in [-0.2, 0) is 10.0 Å². The normalized spacial score (nSPS) is 11.0. The van der Waals surface area contributed by atoms with Gasteiger partial charge in [0, 0.05) is 28.4 Å². The minimum Gasteiger partial charge on any atom is -0.351 e. The second-order valence-electron chi connectivity index (χ2n) is 5.92. The van der Waals surface area contributed by atoms with Crippen molar-refractivity contribution in [2.75, 3.05) is 17.0 Å². The van der Waals surface area contributed by atoms with E-state index < -0.39 is 10.0 Å². The number of hydrogen-bond acceptors (Lipinski definition) is 4. The number of amides is 1. The number of nitrogens with one attached hydrogen (secondary N) is 2. The molecule has 28 heavy (non-hydrogen) atoms. The van der Waals surface area contributed by atoms with Gasteiger partial charge in [0.05, 0.1) is 4.90 Å². The van der Waals surface area contributed by atoms with Gasteiger partial charge in [0.1, 0.15) is 0 Å². The molecule has 0 fully saturated rings. The van der Waals surface area contributed by atoms with Gasteiger partial charge in [0.25, 0.3) is 15.9 Å². The van der Waals surface area contributed by atoms with Crippen LogP contribution in [0, 0.1) is 0 Å². The van der Waals surface area contributed by atoms with E-state index in [1.165, 1.54) is 12.1 Å². The van der Waals surface area contributed by atoms with E-state index in [2.05, 4.69) is 10.0 Å². The van der Waals surface area contributed by atoms with E-state index in [1.54, 1.807) is 54.2 Å². The van der Waals surface area contributed by atoms with Crippen molar-refractivity contribution < 1.29 is 13.2 Å². The first-order chi connectivity index (χ1) is 13.5. The molecular formula is C21H20N2O3S2. The van der Waals surface area contributed by atoms with E-state index in [4.69, 9.17) is 0 Å². The lowest BCUT2D eigenvalue weighted by Gasteiger charge is -2.10. The summed E-state index contributed by atoms with van der Waals surface area (Å²) in [5.41, 5.74) is 0.774. The van der Waals surface area contributed by atoms with Crippen molar-refractivity contribution in [3.8, 4) is 0 Å². The summed E-state index contributed by atoms with van der Waals surface area (Å²) < 4.78 is 27.6. The third kappa shape index (κ3) is 5.61. The lowest BCUT2D eigenvalue weighted by molar-refractivity contribution is 0.0956. The highest BCUT2D eigenvalue weighted by Gasteiger charge is 2.16. The average molecular weight is 413 g/mol. The van der Waals surface area contributed by atoms with Crippen LogP contribution in [0.1, 0.15) is 10.4 Å². The first kappa shape index (κ1) is 20.0. The van der Waals surface area contributed by atoms with Gasteiger partial charge in [-0.1, -0.05) is 42.5 Å². The predicted octanol–water partition coefficient (Wildman–Crippen LogP) is 4.01. The molecule has 0 aliphatic rings. The predicted molar refractivity (Wildman–Crippen MR) is 113 cm³/mol. The number of rotatable bonds is 8. The van der Waals surface area contributed by atoms with Crippen molar-refractivity contribution in [3.05, 3.63) is 90.5 Å². The average Bonchev–Trinajstić information content (AvgIpc) is 2.72. The summed E-state index contributed by atoms with van der Waals surface area (Å²) in [4.78, 5) is 13.5. The molecule has 0 heterocycles. The molecule has 7 heteroatoms. The molecule has 0 bridgehead atoms. The molecule has 0 aliphatic heterocycles. The summed E-state index contributed by atoms with van der Waals surface area (Å²) in [7, 11) is -3.76. The van der Waals surface area contributed by atoms with Crippen LogP contribution in [0.25, 0.3) is 0 Å². The lowest BCUT2D eigenvalue weighted by atomic mass is 10.2. The number of carbonyl (C=O) groups excluding carboxylic acids is 1. The third-order valence-electron chi connectivity index (χ3n) is 3.83. The van der Waals surface area contributed by atoms with E-state index in [1.807, 2.05) is 30.3 Å². The Hall–Kier alpha value is -2.77. The van der Waals surface area contributed by atoms with Crippen LogP contribution in [0.3, 0.4) is 0 Å². The molecule has 0 radical (unpaired) electrons. The zero-order chi connectivity index (χ0) is 19.8. The van der Waals surface area contributed by atoms with Crippen molar-refractivity contribution in [3.63, 3.8) is 0 Å². The molecule has 0 atom stereocenters. The molecule has 3 aromatic carbocycles. The molecule has 0 saturated carbocycles. The van der Waals surface area contributed by atoms with Gasteiger partial charge in [0.15, 0.2) is 0 Å². The van der Waals surface area contributed by atoms with Crippen LogP contribution < -0.4 is 10.0 Å². The molecule has 0 spiro atoms. The zero-order valence-electron chi connectivity index (χ0n) is 15.0. The number of para-hydroxylation sites is 1. The first-order valence-electron chi connectivity index (χ1n) is 8.68. The molecule has 0 saturated heterocycles. The summed E-state index contributed by atoms with van der Waals surface area (Å²) >= 11 is 1.65. The largest absolute Gasteiger partial charge is 0.351 e. The summed E-state index contributed by atoms with van der Waals surface area (Å²) in [5, 5.41) is 2.82. The van der Waals surface area contributed by atoms with Crippen LogP contribution in [0.5, 0.6) is 0 Å². The summed E-state index contributed by atoms with van der Waals surface area (Å²) in [6.07, 6.45) is 0. The van der Waals surface area contributed by atoms with Gasteiger partial charge in [-0.2, -0.15) is 0 Å². The van der Waals surface area contributed by atoms with Gasteiger partial charge in [-0.3, -0.25) is 9.52 Å². The SMILES string of the molecule is O=C(NCCSc1ccccc1)c1cccc(S(=O)(=O)Nc2ccccc2)c1. The highest BCUT2D eigenvalue weighted by atomic mass is 32.2. The van der Waals surface area contributed by atoms with Crippen molar-refractivity contribution >= 4 is 33.4 Å². The number of hydrogen-bond donors (Lipinski definition) is 2. The number of thioether (sulfide) groups is 1. The molecule has 0 aliphatic carbocycles. The highest BCUT2D eigenvalue weighted by molar-refractivity contribution is 7.99. The van der Waals surface area contributed by atoms with Gasteiger partial charge in [0.2, 0.25) is 0 Å². The lowest BCUT2D eigenvalue weighted by Crippen LogP contribution is -2.26. The minimum atomic E-state index is -3.76. The van der Waals surface area contributed by atoms with E-state index in [0.717, 1.165) is 10.6 Å². The Morgan fingerprint density at radius 2 is 1.54 bits per heavy atom. The summed E-state index contributed by atoms with van der Waals surface area (Å²) in [6.45, 7) is 0.484. The summed E-state index contributed by atoms with van der Waals surface area (Å²) in [5.74, 6) is 0.425. The van der Waals surface area contributed by atoms with Gasteiger partial charge < -0.3 is 5.32 Å². The quantitative estimate of drug-likeness (QED) is 0.433. The summed E-state index contributed by atoms with van der Waals surface area (Å²) in [6, 6.07) is 24.6. The second kappa shape index (κ2) is 9.43. The Labute approximate surface area is 169 Å². The monoisotopic (exact) mass is 412 g/mol. The first-order valence-corrected chi connectivity index (χ1v) is 11.2. The highest BCUT2D eigenvalue weighted by Crippen LogP contribution is 2.18. The van der Waals surface area contributed by atoms with Crippen molar-refractivity contribution in [2.45, 2.75) is 9.79 Å². The van der Waals surface area contributed by atoms with Gasteiger partial charge >= 0.3 is 0 Å². The molecule has 3 aromatic rings. The van der Waals surface area contributed by atoms with Crippen molar-refractivity contribution in [1.29, 1.82) is 0 Å². The topological polar surface area (TPSA) is 75.3 Å². The second-order valence-corrected chi connectivity index (χ2v) is 8.77. The van der Waals surface area contributed by atoms with Gasteiger partial charge in [-0.25, -0.2) is 8.42 Å². The molecule has 5 nitrogen and oxygen atoms in total. The van der Waals surface area contributed by atoms with E-state index >= 15 is 0 Å². The maximum atomic E-state index is 12.5. The maximum absolute atomic E-state index is 12.5. The molecule has 0 unspecified atom stereocenters. The maximum Gasteiger partial charge on any atom is 0.261 e. The Balaban J connectivity index is 1.59. The number of anilines is 1. The molecule has 144 valence electrons. The smallest absolute Gasteiger partial charge is 0.261 e. The Morgan fingerprint density at radius 3 is 2.25 bits per heavy atom. The minimum absolute atomic E-state index is 0.0441. The van der Waals surface area contributed by atoms with Crippen LogP contribution in [0.15, 0.2) is 94.7 Å². The van der Waals surface area contributed by atoms with E-state index in [0.29, 0.717) is 17.8 Å². The van der Waals surface area contributed by atoms with Crippen LogP contribution in [0.4, 0.5) is 5.69 Å². The standard InChI is InChI=1S/C21H20N2O3S2/c24-21(22-14-15-27-19-11-5-2-6-12-19)17-8-7-13-20(16-17)28(25,26)23-18-9-3-1-4-10-18/h1-13,16,23H,14-15H2,(H,22,24). The zero-order valence-corrected chi connectivity index (χ0v) is 16.7. The Morgan fingerprint density at radius 1 is 0.857 bits per heavy atom. The Bertz CT molecular complexity index is 1020. The molecule has 1 amide bonds. The fourth-order valence-corrected chi connectivity index (χ4v) is 4.37. The van der Waals surface area contributed by atoms with Crippen molar-refractivity contribution in [1.82, 2.24) is 5.32 Å². The van der Waals surface area contributed by atoms with Crippen LogP contribution in [0.2, 0.25) is 0 Å².